The molecule has 0 aliphatic carbocycles. The molecule has 0 aliphatic heterocycles. The third-order valence-corrected chi connectivity index (χ3v) is 4.12. The van der Waals surface area contributed by atoms with Crippen LogP contribution in [0.15, 0.2) is 54.6 Å². The quantitative estimate of drug-likeness (QED) is 0.827. The van der Waals surface area contributed by atoms with Crippen molar-refractivity contribution in [3.63, 3.8) is 0 Å². The van der Waals surface area contributed by atoms with Crippen LogP contribution in [0.2, 0.25) is 5.02 Å². The Bertz CT molecular complexity index is 542. The molecule has 0 saturated heterocycles. The van der Waals surface area contributed by atoms with E-state index in [4.69, 9.17) is 11.6 Å². The Balaban J connectivity index is 1.88. The van der Waals surface area contributed by atoms with Gasteiger partial charge in [0.1, 0.15) is 0 Å². The average molecular weight is 303 g/mol. The number of nitrogens with one attached hydrogen (secondary N) is 1. The van der Waals surface area contributed by atoms with Gasteiger partial charge >= 0.3 is 0 Å². The number of benzene rings is 2. The molecular weight excluding hydrogens is 280 g/mol. The first-order valence-electron chi connectivity index (χ1n) is 7.35. The fourth-order valence-corrected chi connectivity index (χ4v) is 2.70. The maximum Gasteiger partial charge on any atom is 0.0451 e. The highest BCUT2D eigenvalue weighted by molar-refractivity contribution is 6.31. The van der Waals surface area contributed by atoms with Crippen LogP contribution in [0, 0.1) is 0 Å². The number of hydrogen-bond acceptors (Lipinski definition) is 2. The molecule has 1 N–H and O–H groups in total. The second-order valence-corrected chi connectivity index (χ2v) is 5.78. The monoisotopic (exact) mass is 302 g/mol. The Morgan fingerprint density at radius 1 is 1.05 bits per heavy atom. The molecule has 0 saturated carbocycles. The molecule has 0 radical (unpaired) electrons. The van der Waals surface area contributed by atoms with Crippen LogP contribution in [0.4, 0.5) is 0 Å². The summed E-state index contributed by atoms with van der Waals surface area (Å²) in [5.74, 6) is 0. The van der Waals surface area contributed by atoms with Crippen LogP contribution in [0.5, 0.6) is 0 Å². The number of halogens is 1. The summed E-state index contributed by atoms with van der Waals surface area (Å²) in [5, 5.41) is 4.24. The molecule has 112 valence electrons. The van der Waals surface area contributed by atoms with Gasteiger partial charge in [-0.2, -0.15) is 0 Å². The highest BCUT2D eigenvalue weighted by Gasteiger charge is 2.10. The van der Waals surface area contributed by atoms with Crippen LogP contribution in [0.25, 0.3) is 0 Å². The van der Waals surface area contributed by atoms with Crippen molar-refractivity contribution in [2.45, 2.75) is 19.0 Å². The average Bonchev–Trinajstić information content (AvgIpc) is 2.51. The van der Waals surface area contributed by atoms with Gasteiger partial charge < -0.3 is 10.2 Å². The summed E-state index contributed by atoms with van der Waals surface area (Å²) in [7, 11) is 4.16. The topological polar surface area (TPSA) is 15.3 Å². The molecule has 1 unspecified atom stereocenters. The van der Waals surface area contributed by atoms with E-state index in [0.717, 1.165) is 24.5 Å². The largest absolute Gasteiger partial charge is 0.313 e. The second kappa shape index (κ2) is 8.18. The fourth-order valence-electron chi connectivity index (χ4n) is 2.51. The minimum Gasteiger partial charge on any atom is -0.313 e. The van der Waals surface area contributed by atoms with Crippen molar-refractivity contribution in [2.24, 2.45) is 0 Å². The van der Waals surface area contributed by atoms with Crippen LogP contribution < -0.4 is 5.32 Å². The van der Waals surface area contributed by atoms with Gasteiger partial charge in [-0.1, -0.05) is 60.1 Å². The molecule has 2 rings (SSSR count). The molecule has 2 nitrogen and oxygen atoms in total. The SMILES string of the molecule is CNC(CCN(C)Cc1ccccc1Cl)c1ccccc1. The Morgan fingerprint density at radius 2 is 1.71 bits per heavy atom. The molecule has 0 aliphatic rings. The minimum absolute atomic E-state index is 0.389. The van der Waals surface area contributed by atoms with E-state index in [0.29, 0.717) is 6.04 Å². The number of rotatable bonds is 7. The Labute approximate surface area is 132 Å². The first kappa shape index (κ1) is 16.0. The minimum atomic E-state index is 0.389. The predicted octanol–water partition coefficient (Wildman–Crippen LogP) is 4.12. The summed E-state index contributed by atoms with van der Waals surface area (Å²) in [6, 6.07) is 19.0. The lowest BCUT2D eigenvalue weighted by atomic mass is 10.0. The van der Waals surface area contributed by atoms with E-state index in [1.165, 1.54) is 11.1 Å². The molecule has 0 fully saturated rings. The summed E-state index contributed by atoms with van der Waals surface area (Å²) in [4.78, 5) is 2.31. The van der Waals surface area contributed by atoms with Crippen molar-refractivity contribution < 1.29 is 0 Å². The first-order valence-corrected chi connectivity index (χ1v) is 7.72. The Morgan fingerprint density at radius 3 is 2.38 bits per heavy atom. The van der Waals surface area contributed by atoms with Gasteiger partial charge in [0.2, 0.25) is 0 Å². The van der Waals surface area contributed by atoms with E-state index in [-0.39, 0.29) is 0 Å². The van der Waals surface area contributed by atoms with E-state index in [9.17, 15) is 0 Å². The van der Waals surface area contributed by atoms with E-state index < -0.39 is 0 Å². The predicted molar refractivity (Wildman–Crippen MR) is 90.6 cm³/mol. The number of hydrogen-bond donors (Lipinski definition) is 1. The van der Waals surface area contributed by atoms with E-state index in [1.807, 2.05) is 25.2 Å². The van der Waals surface area contributed by atoms with Gasteiger partial charge in [0.25, 0.3) is 0 Å². The Kier molecular flexibility index (Phi) is 6.24. The summed E-state index contributed by atoms with van der Waals surface area (Å²) in [6.45, 7) is 1.90. The standard InChI is InChI=1S/C18H23ClN2/c1-20-18(15-8-4-3-5-9-15)12-13-21(2)14-16-10-6-7-11-17(16)19/h3-11,18,20H,12-14H2,1-2H3. The van der Waals surface area contributed by atoms with E-state index in [1.54, 1.807) is 0 Å². The summed E-state index contributed by atoms with van der Waals surface area (Å²) >= 11 is 6.22. The summed E-state index contributed by atoms with van der Waals surface area (Å²) < 4.78 is 0. The summed E-state index contributed by atoms with van der Waals surface area (Å²) in [5.41, 5.74) is 2.52. The van der Waals surface area contributed by atoms with Gasteiger partial charge in [-0.3, -0.25) is 0 Å². The van der Waals surface area contributed by atoms with Gasteiger partial charge in [-0.25, -0.2) is 0 Å². The van der Waals surface area contributed by atoms with Crippen molar-refractivity contribution in [1.29, 1.82) is 0 Å². The van der Waals surface area contributed by atoms with Gasteiger partial charge in [-0.05, 0) is 44.3 Å². The van der Waals surface area contributed by atoms with Gasteiger partial charge in [0.15, 0.2) is 0 Å². The third kappa shape index (κ3) is 4.85. The molecule has 2 aromatic carbocycles. The lowest BCUT2D eigenvalue weighted by Gasteiger charge is -2.22. The molecular formula is C18H23ClN2. The lowest BCUT2D eigenvalue weighted by Crippen LogP contribution is -2.25. The van der Waals surface area contributed by atoms with Crippen LogP contribution >= 0.6 is 11.6 Å². The number of nitrogens with zero attached hydrogens (tertiary/aromatic N) is 1. The normalized spacial score (nSPS) is 12.6. The maximum atomic E-state index is 6.22. The van der Waals surface area contributed by atoms with Gasteiger partial charge in [0, 0.05) is 17.6 Å². The van der Waals surface area contributed by atoms with Crippen LogP contribution in [-0.4, -0.2) is 25.5 Å². The van der Waals surface area contributed by atoms with Crippen LogP contribution in [0.3, 0.4) is 0 Å². The van der Waals surface area contributed by atoms with Crippen molar-refractivity contribution in [1.82, 2.24) is 10.2 Å². The molecule has 21 heavy (non-hydrogen) atoms. The highest BCUT2D eigenvalue weighted by atomic mass is 35.5. The van der Waals surface area contributed by atoms with Crippen molar-refractivity contribution in [2.75, 3.05) is 20.6 Å². The molecule has 0 aromatic heterocycles. The molecule has 0 heterocycles. The first-order chi connectivity index (χ1) is 10.2. The zero-order valence-electron chi connectivity index (χ0n) is 12.7. The second-order valence-electron chi connectivity index (χ2n) is 5.37. The molecule has 1 atom stereocenters. The van der Waals surface area contributed by atoms with Crippen molar-refractivity contribution in [3.8, 4) is 0 Å². The zero-order valence-corrected chi connectivity index (χ0v) is 13.5. The van der Waals surface area contributed by atoms with E-state index >= 15 is 0 Å². The molecule has 0 amide bonds. The van der Waals surface area contributed by atoms with Gasteiger partial charge in [0.05, 0.1) is 0 Å². The maximum absolute atomic E-state index is 6.22. The van der Waals surface area contributed by atoms with Crippen molar-refractivity contribution >= 4 is 11.6 Å². The summed E-state index contributed by atoms with van der Waals surface area (Å²) in [6.07, 6.45) is 1.07. The van der Waals surface area contributed by atoms with E-state index in [2.05, 4.69) is 53.7 Å². The molecule has 2 aromatic rings. The zero-order chi connectivity index (χ0) is 15.1. The Hall–Kier alpha value is -1.35. The van der Waals surface area contributed by atoms with Crippen LogP contribution in [0.1, 0.15) is 23.6 Å². The third-order valence-electron chi connectivity index (χ3n) is 3.75. The lowest BCUT2D eigenvalue weighted by molar-refractivity contribution is 0.304. The fraction of sp³-hybridized carbons (Fsp3) is 0.333. The van der Waals surface area contributed by atoms with Gasteiger partial charge in [-0.15, -0.1) is 0 Å². The molecule has 0 spiro atoms. The molecule has 0 bridgehead atoms. The smallest absolute Gasteiger partial charge is 0.0451 e. The van der Waals surface area contributed by atoms with Crippen molar-refractivity contribution in [3.05, 3.63) is 70.7 Å². The molecule has 3 heteroatoms. The highest BCUT2D eigenvalue weighted by Crippen LogP contribution is 2.19. The van der Waals surface area contributed by atoms with Crippen LogP contribution in [-0.2, 0) is 6.54 Å².